The second kappa shape index (κ2) is 6.72. The van der Waals surface area contributed by atoms with E-state index in [2.05, 4.69) is 17.5 Å². The number of carbonyl (C=O) groups is 3. The Bertz CT molecular complexity index is 980. The van der Waals surface area contributed by atoms with E-state index in [0.29, 0.717) is 11.4 Å². The first-order chi connectivity index (χ1) is 14.0. The van der Waals surface area contributed by atoms with Crippen molar-refractivity contribution in [1.29, 1.82) is 0 Å². The number of amides is 3. The number of nitrogens with one attached hydrogen (secondary N) is 1. The van der Waals surface area contributed by atoms with Gasteiger partial charge in [0.1, 0.15) is 11.8 Å². The molecule has 1 N–H and O–H groups in total. The van der Waals surface area contributed by atoms with Gasteiger partial charge in [0.2, 0.25) is 17.7 Å². The van der Waals surface area contributed by atoms with E-state index in [4.69, 9.17) is 4.42 Å². The van der Waals surface area contributed by atoms with Crippen LogP contribution in [0.3, 0.4) is 0 Å². The third kappa shape index (κ3) is 2.90. The molecular weight excluding hydrogens is 368 g/mol. The van der Waals surface area contributed by atoms with Gasteiger partial charge in [-0.1, -0.05) is 24.3 Å². The van der Waals surface area contributed by atoms with Crippen molar-refractivity contribution in [2.45, 2.75) is 25.8 Å². The van der Waals surface area contributed by atoms with Crippen LogP contribution in [0.15, 0.2) is 59.2 Å². The average molecular weight is 390 g/mol. The number of fused-ring (bicyclic) bond motifs is 5. The van der Waals surface area contributed by atoms with Gasteiger partial charge in [0.15, 0.2) is 0 Å². The van der Waals surface area contributed by atoms with Gasteiger partial charge >= 0.3 is 0 Å². The molecule has 6 heteroatoms. The number of allylic oxidation sites excluding steroid dienone is 2. The highest BCUT2D eigenvalue weighted by atomic mass is 16.3. The van der Waals surface area contributed by atoms with Crippen molar-refractivity contribution >= 4 is 23.4 Å². The summed E-state index contributed by atoms with van der Waals surface area (Å²) in [5, 5.41) is 2.87. The monoisotopic (exact) mass is 390 g/mol. The van der Waals surface area contributed by atoms with Crippen LogP contribution in [0.4, 0.5) is 5.69 Å². The van der Waals surface area contributed by atoms with Crippen LogP contribution < -0.4 is 5.32 Å². The van der Waals surface area contributed by atoms with Crippen molar-refractivity contribution in [3.05, 3.63) is 66.1 Å². The summed E-state index contributed by atoms with van der Waals surface area (Å²) >= 11 is 0. The molecule has 1 aromatic carbocycles. The van der Waals surface area contributed by atoms with Crippen LogP contribution in [0.2, 0.25) is 0 Å². The van der Waals surface area contributed by atoms with Gasteiger partial charge in [0.25, 0.3) is 0 Å². The van der Waals surface area contributed by atoms with E-state index in [1.807, 2.05) is 31.2 Å². The van der Waals surface area contributed by atoms with Gasteiger partial charge in [-0.15, -0.1) is 0 Å². The highest BCUT2D eigenvalue weighted by molar-refractivity contribution is 6.07. The number of carbonyl (C=O) groups excluding carboxylic acids is 3. The summed E-state index contributed by atoms with van der Waals surface area (Å²) in [7, 11) is 0. The first-order valence-corrected chi connectivity index (χ1v) is 9.98. The van der Waals surface area contributed by atoms with Crippen LogP contribution in [0, 0.1) is 30.6 Å². The highest BCUT2D eigenvalue weighted by Crippen LogP contribution is 2.54. The topological polar surface area (TPSA) is 79.6 Å². The predicted octanol–water partition coefficient (Wildman–Crippen LogP) is 3.47. The minimum Gasteiger partial charge on any atom is -0.467 e. The second-order valence-corrected chi connectivity index (χ2v) is 8.20. The molecule has 1 aromatic heterocycles. The number of aryl methyl sites for hydroxylation is 1. The summed E-state index contributed by atoms with van der Waals surface area (Å²) in [6, 6.07) is 10.2. The third-order valence-electron chi connectivity index (χ3n) is 6.37. The van der Waals surface area contributed by atoms with Gasteiger partial charge in [-0.3, -0.25) is 19.3 Å². The Morgan fingerprint density at radius 2 is 1.86 bits per heavy atom. The maximum atomic E-state index is 13.2. The summed E-state index contributed by atoms with van der Waals surface area (Å²) in [6.45, 7) is 1.95. The molecule has 148 valence electrons. The van der Waals surface area contributed by atoms with Gasteiger partial charge in [-0.05, 0) is 55.0 Å². The van der Waals surface area contributed by atoms with Crippen molar-refractivity contribution in [3.63, 3.8) is 0 Å². The quantitative estimate of drug-likeness (QED) is 0.626. The first-order valence-electron chi connectivity index (χ1n) is 9.98. The normalized spacial score (nSPS) is 28.1. The standard InChI is InChI=1S/C23H22N2O4/c1-13-4-2-5-16(10-13)24-19(26)12-17(18-6-3-9-29-18)25-22(27)20-14-7-8-15(11-14)21(20)23(25)28/h2-10,14-15,17,20-21H,11-12H2,1H3,(H,24,26). The maximum absolute atomic E-state index is 13.2. The SMILES string of the molecule is Cc1cccc(NC(=O)CC(c2ccco2)N2C(=O)C3C4C=CC(C4)C3C2=O)c1. The molecule has 3 amide bonds. The molecule has 2 bridgehead atoms. The lowest BCUT2D eigenvalue weighted by Gasteiger charge is -2.26. The van der Waals surface area contributed by atoms with Crippen molar-refractivity contribution in [2.24, 2.45) is 23.7 Å². The Morgan fingerprint density at radius 3 is 2.48 bits per heavy atom. The molecule has 0 radical (unpaired) electrons. The maximum Gasteiger partial charge on any atom is 0.234 e. The van der Waals surface area contributed by atoms with Gasteiger partial charge < -0.3 is 9.73 Å². The molecule has 1 saturated heterocycles. The number of rotatable bonds is 5. The van der Waals surface area contributed by atoms with Crippen LogP contribution in [0.1, 0.15) is 30.2 Å². The lowest BCUT2D eigenvalue weighted by Crippen LogP contribution is -2.38. The number of nitrogens with zero attached hydrogens (tertiary/aromatic N) is 1. The summed E-state index contributed by atoms with van der Waals surface area (Å²) in [5.41, 5.74) is 1.72. The van der Waals surface area contributed by atoms with E-state index in [9.17, 15) is 14.4 Å². The Kier molecular flexibility index (Phi) is 4.15. The second-order valence-electron chi connectivity index (χ2n) is 8.20. The fourth-order valence-corrected chi connectivity index (χ4v) is 5.14. The van der Waals surface area contributed by atoms with E-state index in [-0.39, 0.29) is 47.8 Å². The number of furan rings is 1. The molecule has 2 fully saturated rings. The van der Waals surface area contributed by atoms with Crippen molar-refractivity contribution < 1.29 is 18.8 Å². The molecule has 29 heavy (non-hydrogen) atoms. The fraction of sp³-hybridized carbons (Fsp3) is 0.348. The lowest BCUT2D eigenvalue weighted by molar-refractivity contribution is -0.144. The molecule has 5 atom stereocenters. The Labute approximate surface area is 168 Å². The van der Waals surface area contributed by atoms with Crippen LogP contribution in [-0.4, -0.2) is 22.6 Å². The molecule has 5 rings (SSSR count). The van der Waals surface area contributed by atoms with Crippen molar-refractivity contribution in [1.82, 2.24) is 4.90 Å². The minimum atomic E-state index is -0.736. The van der Waals surface area contributed by atoms with E-state index < -0.39 is 6.04 Å². The molecule has 2 aliphatic carbocycles. The molecule has 6 nitrogen and oxygen atoms in total. The highest BCUT2D eigenvalue weighted by Gasteiger charge is 2.60. The largest absolute Gasteiger partial charge is 0.467 e. The molecule has 3 aliphatic rings. The fourth-order valence-electron chi connectivity index (χ4n) is 5.14. The number of anilines is 1. The number of hydrogen-bond acceptors (Lipinski definition) is 4. The first kappa shape index (κ1) is 17.9. The van der Waals surface area contributed by atoms with E-state index in [1.165, 1.54) is 11.2 Å². The zero-order valence-electron chi connectivity index (χ0n) is 16.1. The summed E-state index contributed by atoms with van der Waals surface area (Å²) in [5.74, 6) is -0.510. The molecule has 2 aromatic rings. The van der Waals surface area contributed by atoms with Crippen molar-refractivity contribution in [3.8, 4) is 0 Å². The summed E-state index contributed by atoms with van der Waals surface area (Å²) in [6.07, 6.45) is 6.46. The number of imide groups is 1. The Balaban J connectivity index is 1.41. The van der Waals surface area contributed by atoms with Crippen LogP contribution in [-0.2, 0) is 14.4 Å². The Morgan fingerprint density at radius 1 is 1.14 bits per heavy atom. The van der Waals surface area contributed by atoms with Gasteiger partial charge in [-0.25, -0.2) is 0 Å². The predicted molar refractivity (Wildman–Crippen MR) is 105 cm³/mol. The van der Waals surface area contributed by atoms with Crippen LogP contribution in [0.25, 0.3) is 0 Å². The van der Waals surface area contributed by atoms with E-state index in [0.717, 1.165) is 12.0 Å². The van der Waals surface area contributed by atoms with Crippen molar-refractivity contribution in [2.75, 3.05) is 5.32 Å². The van der Waals surface area contributed by atoms with E-state index in [1.54, 1.807) is 12.1 Å². The Hall–Kier alpha value is -3.15. The molecule has 1 saturated carbocycles. The molecule has 1 aliphatic heterocycles. The zero-order valence-corrected chi connectivity index (χ0v) is 16.1. The van der Waals surface area contributed by atoms with Gasteiger partial charge in [0, 0.05) is 5.69 Å². The zero-order chi connectivity index (χ0) is 20.1. The molecular formula is C23H22N2O4. The molecule has 2 heterocycles. The lowest BCUT2D eigenvalue weighted by atomic mass is 9.85. The summed E-state index contributed by atoms with van der Waals surface area (Å²) in [4.78, 5) is 40.5. The molecule has 0 spiro atoms. The van der Waals surface area contributed by atoms with Crippen LogP contribution >= 0.6 is 0 Å². The molecule has 5 unspecified atom stereocenters. The smallest absolute Gasteiger partial charge is 0.234 e. The number of hydrogen-bond donors (Lipinski definition) is 1. The van der Waals surface area contributed by atoms with Gasteiger partial charge in [0.05, 0.1) is 24.5 Å². The van der Waals surface area contributed by atoms with E-state index >= 15 is 0 Å². The number of likely N-dealkylation sites (tertiary alicyclic amines) is 1. The summed E-state index contributed by atoms with van der Waals surface area (Å²) < 4.78 is 5.52. The van der Waals surface area contributed by atoms with Gasteiger partial charge in [-0.2, -0.15) is 0 Å². The average Bonchev–Trinajstić information content (AvgIpc) is 3.45. The third-order valence-corrected chi connectivity index (χ3v) is 6.37. The minimum absolute atomic E-state index is 0.0405. The number of benzene rings is 1. The van der Waals surface area contributed by atoms with Crippen LogP contribution in [0.5, 0.6) is 0 Å².